The van der Waals surface area contributed by atoms with E-state index in [-0.39, 0.29) is 12.4 Å². The second kappa shape index (κ2) is 15.5. The van der Waals surface area contributed by atoms with E-state index in [0.29, 0.717) is 28.9 Å². The van der Waals surface area contributed by atoms with E-state index in [1.165, 1.54) is 12.1 Å². The summed E-state index contributed by atoms with van der Waals surface area (Å²) in [7, 11) is 0. The minimum absolute atomic E-state index is 0.0918. The highest BCUT2D eigenvalue weighted by Gasteiger charge is 2.41. The molecule has 0 saturated carbocycles. The second-order valence-corrected chi connectivity index (χ2v) is 13.3. The Bertz CT molecular complexity index is 2460. The second-order valence-electron chi connectivity index (χ2n) is 13.3. The molecule has 10 heteroatoms. The molecule has 0 fully saturated rings. The number of aromatic nitrogens is 5. The van der Waals surface area contributed by atoms with Crippen molar-refractivity contribution in [2.75, 3.05) is 6.61 Å². The van der Waals surface area contributed by atoms with Crippen LogP contribution in [0.15, 0.2) is 164 Å². The molecule has 0 spiro atoms. The van der Waals surface area contributed by atoms with Gasteiger partial charge in [0.1, 0.15) is 18.1 Å². The molecule has 0 amide bonds. The van der Waals surface area contributed by atoms with Crippen molar-refractivity contribution < 1.29 is 22.6 Å². The molecular formula is C46H36F3N5O2. The van der Waals surface area contributed by atoms with Crippen LogP contribution in [0.4, 0.5) is 13.2 Å². The normalized spacial score (nSPS) is 11.8. The van der Waals surface area contributed by atoms with Gasteiger partial charge >= 0.3 is 6.18 Å². The summed E-state index contributed by atoms with van der Waals surface area (Å²) in [6.45, 7) is 0.834. The van der Waals surface area contributed by atoms with Crippen molar-refractivity contribution in [2.24, 2.45) is 0 Å². The number of halogens is 3. The van der Waals surface area contributed by atoms with Gasteiger partial charge < -0.3 is 9.47 Å². The van der Waals surface area contributed by atoms with E-state index < -0.39 is 18.3 Å². The minimum atomic E-state index is -4.45. The summed E-state index contributed by atoms with van der Waals surface area (Å²) < 4.78 is 49.8. The molecule has 0 bridgehead atoms. The van der Waals surface area contributed by atoms with E-state index >= 15 is 0 Å². The number of aryl methyl sites for hydroxylation is 1. The number of benzene rings is 6. The van der Waals surface area contributed by atoms with Crippen LogP contribution < -0.4 is 9.47 Å². The highest BCUT2D eigenvalue weighted by molar-refractivity contribution is 5.86. The highest BCUT2D eigenvalue weighted by atomic mass is 19.4. The van der Waals surface area contributed by atoms with Gasteiger partial charge in [0.05, 0.1) is 5.52 Å². The average Bonchev–Trinajstić information content (AvgIpc) is 3.74. The maximum Gasteiger partial charge on any atom is 0.422 e. The van der Waals surface area contributed by atoms with Crippen LogP contribution in [0.3, 0.4) is 0 Å². The fourth-order valence-corrected chi connectivity index (χ4v) is 7.00. The zero-order valence-corrected chi connectivity index (χ0v) is 30.4. The molecule has 8 rings (SSSR count). The van der Waals surface area contributed by atoms with Gasteiger partial charge in [0.25, 0.3) is 0 Å². The van der Waals surface area contributed by atoms with Crippen molar-refractivity contribution in [1.82, 2.24) is 25.2 Å². The Kier molecular flexibility index (Phi) is 10.0. The van der Waals surface area contributed by atoms with Crippen LogP contribution in [-0.2, 0) is 18.6 Å². The van der Waals surface area contributed by atoms with E-state index in [1.54, 1.807) is 10.9 Å². The largest absolute Gasteiger partial charge is 0.488 e. The van der Waals surface area contributed by atoms with Crippen LogP contribution in [0.1, 0.15) is 34.9 Å². The number of nitrogens with zero attached hydrogens (tertiary/aromatic N) is 5. The van der Waals surface area contributed by atoms with Gasteiger partial charge in [0.15, 0.2) is 12.1 Å². The smallest absolute Gasteiger partial charge is 0.422 e. The summed E-state index contributed by atoms with van der Waals surface area (Å²) in [6, 6.07) is 53.2. The Hall–Kier alpha value is -6.81. The molecule has 2 aromatic heterocycles. The number of hydrogen-bond donors (Lipinski definition) is 0. The van der Waals surface area contributed by atoms with Gasteiger partial charge in [-0.2, -0.15) is 13.2 Å². The fraction of sp³-hybridized carbons (Fsp3) is 0.130. The van der Waals surface area contributed by atoms with Crippen LogP contribution >= 0.6 is 0 Å². The molecule has 6 aromatic carbocycles. The molecule has 56 heavy (non-hydrogen) atoms. The number of alkyl halides is 3. The number of ether oxygens (including phenoxy) is 2. The molecule has 0 aliphatic heterocycles. The quantitative estimate of drug-likeness (QED) is 0.116. The standard InChI is InChI=1S/C46H36F3N5O2/c1-2-37-28-43(41-29-38(26-27-42(41)50-37)56-31-45(47,48)49)55-30-32-22-24-33(25-23-32)39-20-12-13-21-40(39)44-51-53-54(52-44)46(34-14-6-3-7-15-34,35-16-8-4-9-17-35)36-18-10-5-11-19-36/h3-29H,2,30-31H2,1H3. The lowest BCUT2D eigenvalue weighted by molar-refractivity contribution is -0.153. The first-order valence-corrected chi connectivity index (χ1v) is 18.2. The average molecular weight is 748 g/mol. The van der Waals surface area contributed by atoms with Crippen molar-refractivity contribution in [2.45, 2.75) is 31.7 Å². The van der Waals surface area contributed by atoms with Crippen LogP contribution in [0.2, 0.25) is 0 Å². The maximum atomic E-state index is 12.8. The molecular weight excluding hydrogens is 712 g/mol. The molecule has 7 nitrogen and oxygen atoms in total. The SMILES string of the molecule is CCc1cc(OCc2ccc(-c3ccccc3-c3nnn(C(c4ccccc4)(c4ccccc4)c4ccccc4)n3)cc2)c2cc(OCC(F)(F)F)ccc2n1. The van der Waals surface area contributed by atoms with Crippen LogP contribution in [0.5, 0.6) is 11.5 Å². The number of fused-ring (bicyclic) bond motifs is 1. The van der Waals surface area contributed by atoms with Gasteiger partial charge in [-0.15, -0.1) is 15.0 Å². The Morgan fingerprint density at radius 3 is 1.80 bits per heavy atom. The van der Waals surface area contributed by atoms with Crippen molar-refractivity contribution >= 4 is 10.9 Å². The lowest BCUT2D eigenvalue weighted by Gasteiger charge is -2.34. The van der Waals surface area contributed by atoms with E-state index in [9.17, 15) is 13.2 Å². The zero-order chi connectivity index (χ0) is 38.5. The summed E-state index contributed by atoms with van der Waals surface area (Å²) in [5.41, 5.74) is 7.12. The Morgan fingerprint density at radius 1 is 0.625 bits per heavy atom. The van der Waals surface area contributed by atoms with E-state index in [1.807, 2.05) is 116 Å². The summed E-state index contributed by atoms with van der Waals surface area (Å²) in [5.74, 6) is 1.09. The lowest BCUT2D eigenvalue weighted by atomic mass is 9.77. The molecule has 0 atom stereocenters. The highest BCUT2D eigenvalue weighted by Crippen LogP contribution is 2.40. The minimum Gasteiger partial charge on any atom is -0.488 e. The van der Waals surface area contributed by atoms with Gasteiger partial charge in [-0.05, 0) is 63.2 Å². The van der Waals surface area contributed by atoms with E-state index in [0.717, 1.165) is 44.6 Å². The summed E-state index contributed by atoms with van der Waals surface area (Å²) in [6.07, 6.45) is -3.78. The van der Waals surface area contributed by atoms with Gasteiger partial charge in [0.2, 0.25) is 5.82 Å². The van der Waals surface area contributed by atoms with Crippen molar-refractivity contribution in [3.8, 4) is 34.0 Å². The van der Waals surface area contributed by atoms with Gasteiger partial charge in [-0.25, -0.2) is 0 Å². The van der Waals surface area contributed by atoms with Crippen LogP contribution in [0, 0.1) is 0 Å². The first kappa shape index (κ1) is 36.2. The zero-order valence-electron chi connectivity index (χ0n) is 30.4. The van der Waals surface area contributed by atoms with Gasteiger partial charge in [-0.1, -0.05) is 146 Å². The Balaban J connectivity index is 1.10. The Morgan fingerprint density at radius 2 is 1.21 bits per heavy atom. The third kappa shape index (κ3) is 7.33. The topological polar surface area (TPSA) is 75.0 Å². The number of hydrogen-bond acceptors (Lipinski definition) is 6. The molecule has 8 aromatic rings. The molecule has 0 aliphatic carbocycles. The lowest BCUT2D eigenvalue weighted by Crippen LogP contribution is -2.39. The molecule has 0 radical (unpaired) electrons. The third-order valence-corrected chi connectivity index (χ3v) is 9.68. The number of tetrazole rings is 1. The predicted molar refractivity (Wildman–Crippen MR) is 210 cm³/mol. The first-order chi connectivity index (χ1) is 27.3. The molecule has 0 N–H and O–H groups in total. The Labute approximate surface area is 322 Å². The summed E-state index contributed by atoms with van der Waals surface area (Å²) in [5, 5.41) is 15.1. The van der Waals surface area contributed by atoms with E-state index in [4.69, 9.17) is 19.8 Å². The van der Waals surface area contributed by atoms with Crippen LogP contribution in [0.25, 0.3) is 33.4 Å². The molecule has 278 valence electrons. The van der Waals surface area contributed by atoms with Crippen LogP contribution in [-0.4, -0.2) is 38.0 Å². The predicted octanol–water partition coefficient (Wildman–Crippen LogP) is 10.5. The summed E-state index contributed by atoms with van der Waals surface area (Å²) >= 11 is 0. The number of pyridine rings is 1. The van der Waals surface area contributed by atoms with Crippen molar-refractivity contribution in [3.05, 3.63) is 192 Å². The van der Waals surface area contributed by atoms with E-state index in [2.05, 4.69) is 46.5 Å². The maximum absolute atomic E-state index is 12.8. The molecule has 2 heterocycles. The van der Waals surface area contributed by atoms with Gasteiger partial charge in [0, 0.05) is 22.7 Å². The van der Waals surface area contributed by atoms with Crippen molar-refractivity contribution in [1.29, 1.82) is 0 Å². The van der Waals surface area contributed by atoms with Crippen molar-refractivity contribution in [3.63, 3.8) is 0 Å². The first-order valence-electron chi connectivity index (χ1n) is 18.2. The van der Waals surface area contributed by atoms with Gasteiger partial charge in [-0.3, -0.25) is 4.98 Å². The molecule has 0 unspecified atom stereocenters. The number of rotatable bonds is 12. The fourth-order valence-electron chi connectivity index (χ4n) is 7.00. The monoisotopic (exact) mass is 747 g/mol. The molecule has 0 aliphatic rings. The molecule has 0 saturated heterocycles. The third-order valence-electron chi connectivity index (χ3n) is 9.68. The summed E-state index contributed by atoms with van der Waals surface area (Å²) in [4.78, 5) is 6.34.